The van der Waals surface area contributed by atoms with Crippen LogP contribution in [0, 0.1) is 5.92 Å². The molecule has 1 aliphatic rings. The summed E-state index contributed by atoms with van der Waals surface area (Å²) >= 11 is 0. The number of rotatable bonds is 7. The number of benzene rings is 1. The summed E-state index contributed by atoms with van der Waals surface area (Å²) in [4.78, 5) is 16.9. The minimum absolute atomic E-state index is 0.150. The molecule has 1 aliphatic heterocycles. The number of amides is 2. The van der Waals surface area contributed by atoms with Gasteiger partial charge in [-0.05, 0) is 31.0 Å². The van der Waals surface area contributed by atoms with Gasteiger partial charge in [-0.3, -0.25) is 0 Å². The Morgan fingerprint density at radius 1 is 1.25 bits per heavy atom. The second kappa shape index (κ2) is 9.49. The lowest BCUT2D eigenvalue weighted by molar-refractivity contribution is 0.243. The number of carbonyl (C=O) groups excluding carboxylic acids is 1. The summed E-state index contributed by atoms with van der Waals surface area (Å²) in [5, 5.41) is 14.8. The van der Waals surface area contributed by atoms with Crippen LogP contribution < -0.4 is 15.5 Å². The summed E-state index contributed by atoms with van der Waals surface area (Å²) in [7, 11) is 0. The largest absolute Gasteiger partial charge is 0.396 e. The van der Waals surface area contributed by atoms with Crippen molar-refractivity contribution < 1.29 is 9.90 Å². The van der Waals surface area contributed by atoms with Crippen molar-refractivity contribution in [3.05, 3.63) is 24.3 Å². The lowest BCUT2D eigenvalue weighted by Gasteiger charge is -2.36. The molecule has 1 heterocycles. The number of aliphatic hydroxyl groups excluding tert-OH is 1. The zero-order chi connectivity index (χ0) is 17.4. The molecule has 0 saturated carbocycles. The number of nitrogens with one attached hydrogen (secondary N) is 2. The van der Waals surface area contributed by atoms with Crippen LogP contribution in [0.1, 0.15) is 20.3 Å². The summed E-state index contributed by atoms with van der Waals surface area (Å²) in [6, 6.07) is 7.76. The summed E-state index contributed by atoms with van der Waals surface area (Å²) < 4.78 is 0. The van der Waals surface area contributed by atoms with E-state index in [4.69, 9.17) is 5.11 Å². The monoisotopic (exact) mass is 334 g/mol. The summed E-state index contributed by atoms with van der Waals surface area (Å²) in [6.07, 6.45) is 0.693. The maximum atomic E-state index is 12.1. The molecule has 134 valence electrons. The smallest absolute Gasteiger partial charge is 0.319 e. The number of likely N-dealkylation sites (N-methyl/N-ethyl adjacent to an activating group) is 1. The Labute approximate surface area is 144 Å². The molecule has 0 spiro atoms. The standard InChI is InChI=1S/C18H30N4O2/c1-3-21-9-11-22(12-10-21)17-7-5-4-6-16(17)20-18(24)19-14-15(2)8-13-23/h4-7,15,23H,3,8-14H2,1-2H3,(H2,19,20,24). The average Bonchev–Trinajstić information content (AvgIpc) is 2.61. The first-order valence-corrected chi connectivity index (χ1v) is 8.86. The SMILES string of the molecule is CCN1CCN(c2ccccc2NC(=O)NCC(C)CCO)CC1. The van der Waals surface area contributed by atoms with Crippen molar-refractivity contribution in [2.75, 3.05) is 56.1 Å². The number of anilines is 2. The fourth-order valence-electron chi connectivity index (χ4n) is 2.92. The fourth-order valence-corrected chi connectivity index (χ4v) is 2.92. The van der Waals surface area contributed by atoms with Crippen molar-refractivity contribution in [1.82, 2.24) is 10.2 Å². The predicted molar refractivity (Wildman–Crippen MR) is 98.7 cm³/mol. The van der Waals surface area contributed by atoms with E-state index in [1.54, 1.807) is 0 Å². The minimum atomic E-state index is -0.195. The van der Waals surface area contributed by atoms with Gasteiger partial charge < -0.3 is 25.5 Å². The van der Waals surface area contributed by atoms with Crippen molar-refractivity contribution in [2.24, 2.45) is 5.92 Å². The molecule has 1 fully saturated rings. The highest BCUT2D eigenvalue weighted by Gasteiger charge is 2.18. The van der Waals surface area contributed by atoms with E-state index < -0.39 is 0 Å². The molecular formula is C18H30N4O2. The van der Waals surface area contributed by atoms with Crippen molar-refractivity contribution in [1.29, 1.82) is 0 Å². The lowest BCUT2D eigenvalue weighted by Crippen LogP contribution is -2.46. The zero-order valence-corrected chi connectivity index (χ0v) is 14.8. The zero-order valence-electron chi connectivity index (χ0n) is 14.8. The molecule has 0 bridgehead atoms. The van der Waals surface area contributed by atoms with Gasteiger partial charge in [0.25, 0.3) is 0 Å². The third-order valence-electron chi connectivity index (χ3n) is 4.55. The van der Waals surface area contributed by atoms with Crippen LogP contribution in [0.4, 0.5) is 16.2 Å². The van der Waals surface area contributed by atoms with Crippen molar-refractivity contribution in [2.45, 2.75) is 20.3 Å². The number of urea groups is 1. The highest BCUT2D eigenvalue weighted by Crippen LogP contribution is 2.26. The molecule has 1 aromatic carbocycles. The quantitative estimate of drug-likeness (QED) is 0.713. The van der Waals surface area contributed by atoms with E-state index in [2.05, 4.69) is 33.4 Å². The van der Waals surface area contributed by atoms with Crippen molar-refractivity contribution >= 4 is 17.4 Å². The Bertz CT molecular complexity index is 515. The van der Waals surface area contributed by atoms with Gasteiger partial charge in [0.2, 0.25) is 0 Å². The van der Waals surface area contributed by atoms with E-state index in [9.17, 15) is 4.79 Å². The number of carbonyl (C=O) groups is 1. The lowest BCUT2D eigenvalue weighted by atomic mass is 10.1. The first-order chi connectivity index (χ1) is 11.6. The van der Waals surface area contributed by atoms with Gasteiger partial charge in [0, 0.05) is 39.3 Å². The van der Waals surface area contributed by atoms with Crippen LogP contribution in [-0.2, 0) is 0 Å². The van der Waals surface area contributed by atoms with Crippen LogP contribution in [0.15, 0.2) is 24.3 Å². The predicted octanol–water partition coefficient (Wildman–Crippen LogP) is 1.97. The summed E-state index contributed by atoms with van der Waals surface area (Å²) in [5.74, 6) is 0.262. The second-order valence-corrected chi connectivity index (χ2v) is 6.39. The number of hydrogen-bond acceptors (Lipinski definition) is 4. The molecule has 0 radical (unpaired) electrons. The van der Waals surface area contributed by atoms with Crippen LogP contribution in [-0.4, -0.2) is 61.9 Å². The molecule has 0 aromatic heterocycles. The number of piperazine rings is 1. The summed E-state index contributed by atoms with van der Waals surface area (Å²) in [6.45, 7) is 10.0. The normalized spacial score (nSPS) is 16.7. The highest BCUT2D eigenvalue weighted by atomic mass is 16.3. The van der Waals surface area contributed by atoms with Crippen LogP contribution in [0.5, 0.6) is 0 Å². The van der Waals surface area contributed by atoms with Gasteiger partial charge in [-0.2, -0.15) is 0 Å². The molecule has 2 rings (SSSR count). The number of nitrogens with zero attached hydrogens (tertiary/aromatic N) is 2. The Kier molecular flexibility index (Phi) is 7.34. The Hall–Kier alpha value is -1.79. The molecule has 3 N–H and O–H groups in total. The number of hydrogen-bond donors (Lipinski definition) is 3. The maximum Gasteiger partial charge on any atom is 0.319 e. The molecule has 6 heteroatoms. The van der Waals surface area contributed by atoms with Gasteiger partial charge in [0.05, 0.1) is 11.4 Å². The fraction of sp³-hybridized carbons (Fsp3) is 0.611. The Morgan fingerprint density at radius 2 is 1.96 bits per heavy atom. The van der Waals surface area contributed by atoms with Crippen LogP contribution in [0.25, 0.3) is 0 Å². The van der Waals surface area contributed by atoms with E-state index in [1.165, 1.54) is 0 Å². The molecule has 1 aromatic rings. The van der Waals surface area contributed by atoms with Crippen LogP contribution >= 0.6 is 0 Å². The van der Waals surface area contributed by atoms with Crippen LogP contribution in [0.3, 0.4) is 0 Å². The van der Waals surface area contributed by atoms with Gasteiger partial charge >= 0.3 is 6.03 Å². The highest BCUT2D eigenvalue weighted by molar-refractivity contribution is 5.93. The van der Waals surface area contributed by atoms with Gasteiger partial charge in [0.15, 0.2) is 0 Å². The Balaban J connectivity index is 1.92. The second-order valence-electron chi connectivity index (χ2n) is 6.39. The molecule has 2 amide bonds. The molecular weight excluding hydrogens is 304 g/mol. The molecule has 6 nitrogen and oxygen atoms in total. The van der Waals surface area contributed by atoms with E-state index in [1.807, 2.05) is 25.1 Å². The molecule has 1 atom stereocenters. The van der Waals surface area contributed by atoms with E-state index in [-0.39, 0.29) is 18.6 Å². The first-order valence-electron chi connectivity index (χ1n) is 8.86. The molecule has 1 saturated heterocycles. The van der Waals surface area contributed by atoms with Crippen molar-refractivity contribution in [3.8, 4) is 0 Å². The topological polar surface area (TPSA) is 67.8 Å². The van der Waals surface area contributed by atoms with E-state index in [0.29, 0.717) is 13.0 Å². The summed E-state index contributed by atoms with van der Waals surface area (Å²) in [5.41, 5.74) is 1.92. The Morgan fingerprint density at radius 3 is 2.62 bits per heavy atom. The first kappa shape index (κ1) is 18.5. The van der Waals surface area contributed by atoms with Gasteiger partial charge in [0.1, 0.15) is 0 Å². The molecule has 24 heavy (non-hydrogen) atoms. The van der Waals surface area contributed by atoms with Gasteiger partial charge in [-0.25, -0.2) is 4.79 Å². The number of aliphatic hydroxyl groups is 1. The third-order valence-corrected chi connectivity index (χ3v) is 4.55. The van der Waals surface area contributed by atoms with E-state index in [0.717, 1.165) is 44.1 Å². The van der Waals surface area contributed by atoms with E-state index >= 15 is 0 Å². The molecule has 0 aliphatic carbocycles. The van der Waals surface area contributed by atoms with Crippen molar-refractivity contribution in [3.63, 3.8) is 0 Å². The van der Waals surface area contributed by atoms with Crippen LogP contribution in [0.2, 0.25) is 0 Å². The maximum absolute atomic E-state index is 12.1. The third kappa shape index (κ3) is 5.39. The molecule has 1 unspecified atom stereocenters. The number of para-hydroxylation sites is 2. The minimum Gasteiger partial charge on any atom is -0.396 e. The average molecular weight is 334 g/mol. The van der Waals surface area contributed by atoms with Gasteiger partial charge in [-0.1, -0.05) is 26.0 Å². The van der Waals surface area contributed by atoms with Gasteiger partial charge in [-0.15, -0.1) is 0 Å².